The van der Waals surface area contributed by atoms with Crippen molar-refractivity contribution in [2.24, 2.45) is 0 Å². The van der Waals surface area contributed by atoms with Gasteiger partial charge >= 0.3 is 7.12 Å². The maximum atomic E-state index is 6.55. The van der Waals surface area contributed by atoms with E-state index in [1.54, 1.807) is 0 Å². The predicted octanol–water partition coefficient (Wildman–Crippen LogP) is 7.95. The Morgan fingerprint density at radius 1 is 0.667 bits per heavy atom. The van der Waals surface area contributed by atoms with Crippen LogP contribution in [0.5, 0.6) is 0 Å². The summed E-state index contributed by atoms with van der Waals surface area (Å²) >= 11 is 0. The van der Waals surface area contributed by atoms with Crippen LogP contribution < -0.4 is 5.46 Å². The average Bonchev–Trinajstić information content (AvgIpc) is 3.35. The van der Waals surface area contributed by atoms with Crippen molar-refractivity contribution >= 4 is 12.6 Å². The zero-order valence-electron chi connectivity index (χ0n) is 23.5. The molecule has 39 heavy (non-hydrogen) atoms. The first-order valence-electron chi connectivity index (χ1n) is 14.4. The Labute approximate surface area is 232 Å². The van der Waals surface area contributed by atoms with E-state index in [4.69, 9.17) is 9.31 Å². The summed E-state index contributed by atoms with van der Waals surface area (Å²) in [6.45, 7) is 8.50. The molecule has 2 heterocycles. The lowest BCUT2D eigenvalue weighted by Crippen LogP contribution is -2.41. The highest BCUT2D eigenvalue weighted by Gasteiger charge is 2.52. The van der Waals surface area contributed by atoms with Crippen LogP contribution >= 0.6 is 0 Å². The van der Waals surface area contributed by atoms with E-state index < -0.39 is 7.12 Å². The van der Waals surface area contributed by atoms with Crippen molar-refractivity contribution in [1.29, 1.82) is 0 Å². The summed E-state index contributed by atoms with van der Waals surface area (Å²) < 4.78 is 13.1. The van der Waals surface area contributed by atoms with Crippen molar-refractivity contribution in [3.8, 4) is 33.4 Å². The van der Waals surface area contributed by atoms with Crippen LogP contribution in [0.1, 0.15) is 70.9 Å². The fourth-order valence-corrected chi connectivity index (χ4v) is 7.09. The van der Waals surface area contributed by atoms with Gasteiger partial charge in [0.05, 0.1) is 11.2 Å². The molecule has 1 saturated carbocycles. The van der Waals surface area contributed by atoms with Gasteiger partial charge in [-0.2, -0.15) is 0 Å². The van der Waals surface area contributed by atoms with Gasteiger partial charge in [0, 0.05) is 17.8 Å². The SMILES string of the molecule is CC1(C)OB(c2ccccc2-c2cccc3c2-c2ccc(-c4cccnc4)cc2C32CCCCC2)OC1(C)C. The van der Waals surface area contributed by atoms with E-state index in [9.17, 15) is 0 Å². The van der Waals surface area contributed by atoms with Crippen LogP contribution in [0, 0.1) is 0 Å². The summed E-state index contributed by atoms with van der Waals surface area (Å²) in [6.07, 6.45) is 10.1. The quantitative estimate of drug-likeness (QED) is 0.261. The molecule has 2 fully saturated rings. The van der Waals surface area contributed by atoms with Gasteiger partial charge in [-0.3, -0.25) is 4.98 Å². The molecule has 0 atom stereocenters. The molecule has 4 heteroatoms. The minimum Gasteiger partial charge on any atom is -0.399 e. The van der Waals surface area contributed by atoms with E-state index in [0.717, 1.165) is 5.46 Å². The minimum absolute atomic E-state index is 0.0659. The van der Waals surface area contributed by atoms with E-state index in [1.165, 1.54) is 76.6 Å². The lowest BCUT2D eigenvalue weighted by Gasteiger charge is -2.36. The van der Waals surface area contributed by atoms with Gasteiger partial charge < -0.3 is 9.31 Å². The minimum atomic E-state index is -0.403. The molecule has 0 N–H and O–H groups in total. The van der Waals surface area contributed by atoms with E-state index in [2.05, 4.69) is 99.4 Å². The van der Waals surface area contributed by atoms with E-state index >= 15 is 0 Å². The van der Waals surface area contributed by atoms with Gasteiger partial charge in [0.15, 0.2) is 0 Å². The van der Waals surface area contributed by atoms with Gasteiger partial charge in [-0.15, -0.1) is 0 Å². The number of nitrogens with zero attached hydrogens (tertiary/aromatic N) is 1. The summed E-state index contributed by atoms with van der Waals surface area (Å²) in [5, 5.41) is 0. The van der Waals surface area contributed by atoms with Crippen molar-refractivity contribution < 1.29 is 9.31 Å². The summed E-state index contributed by atoms with van der Waals surface area (Å²) in [6, 6.07) is 26.9. The highest BCUT2D eigenvalue weighted by molar-refractivity contribution is 6.64. The van der Waals surface area contributed by atoms with Gasteiger partial charge in [-0.05, 0) is 103 Å². The van der Waals surface area contributed by atoms with Crippen LogP contribution in [0.2, 0.25) is 0 Å². The molecule has 1 spiro atoms. The van der Waals surface area contributed by atoms with Gasteiger partial charge in [0.25, 0.3) is 0 Å². The lowest BCUT2D eigenvalue weighted by molar-refractivity contribution is 0.00578. The normalized spacial score (nSPS) is 20.2. The number of rotatable bonds is 3. The molecule has 1 aromatic heterocycles. The monoisotopic (exact) mass is 513 g/mol. The van der Waals surface area contributed by atoms with Crippen molar-refractivity contribution in [2.75, 3.05) is 0 Å². The van der Waals surface area contributed by atoms with Gasteiger partial charge in [0.1, 0.15) is 0 Å². The Balaban J connectivity index is 1.42. The molecular formula is C35H36BNO2. The molecule has 0 unspecified atom stereocenters. The third-order valence-corrected chi connectivity index (χ3v) is 9.84. The molecule has 2 aliphatic carbocycles. The molecule has 1 aliphatic heterocycles. The molecule has 3 aromatic carbocycles. The van der Waals surface area contributed by atoms with E-state index in [0.29, 0.717) is 0 Å². The first-order chi connectivity index (χ1) is 18.8. The molecule has 1 saturated heterocycles. The van der Waals surface area contributed by atoms with Crippen molar-refractivity contribution in [3.05, 3.63) is 96.3 Å². The fraction of sp³-hybridized carbons (Fsp3) is 0.343. The molecule has 4 aromatic rings. The molecule has 3 nitrogen and oxygen atoms in total. The van der Waals surface area contributed by atoms with Crippen LogP contribution in [0.15, 0.2) is 85.2 Å². The van der Waals surface area contributed by atoms with E-state index in [-0.39, 0.29) is 16.6 Å². The number of pyridine rings is 1. The number of fused-ring (bicyclic) bond motifs is 5. The topological polar surface area (TPSA) is 31.4 Å². The Morgan fingerprint density at radius 3 is 2.15 bits per heavy atom. The Bertz CT molecular complexity index is 1540. The molecule has 196 valence electrons. The smallest absolute Gasteiger partial charge is 0.399 e. The molecule has 0 amide bonds. The first kappa shape index (κ1) is 24.8. The van der Waals surface area contributed by atoms with Gasteiger partial charge in [0.2, 0.25) is 0 Å². The second-order valence-corrected chi connectivity index (χ2v) is 12.5. The van der Waals surface area contributed by atoms with Gasteiger partial charge in [-0.1, -0.05) is 79.9 Å². The molecule has 3 aliphatic rings. The standard InChI is InChI=1S/C35H36BNO2/c1-33(2)34(3,4)39-36(38-33)31-16-7-6-13-26(31)27-14-10-15-29-32(27)28-18-17-24(25-12-11-21-37-23-25)22-30(28)35(29)19-8-5-9-20-35/h6-7,10-18,21-23H,5,8-9,19-20H2,1-4H3. The number of aromatic nitrogens is 1. The number of benzene rings is 3. The van der Waals surface area contributed by atoms with Gasteiger partial charge in [-0.25, -0.2) is 0 Å². The summed E-state index contributed by atoms with van der Waals surface area (Å²) in [5.41, 5.74) is 11.0. The predicted molar refractivity (Wildman–Crippen MR) is 160 cm³/mol. The van der Waals surface area contributed by atoms with E-state index in [1.807, 2.05) is 18.5 Å². The largest absolute Gasteiger partial charge is 0.495 e. The third-order valence-electron chi connectivity index (χ3n) is 9.84. The maximum Gasteiger partial charge on any atom is 0.495 e. The Morgan fingerprint density at radius 2 is 1.41 bits per heavy atom. The first-order valence-corrected chi connectivity index (χ1v) is 14.4. The van der Waals surface area contributed by atoms with Crippen LogP contribution in [-0.2, 0) is 14.7 Å². The van der Waals surface area contributed by atoms with Crippen LogP contribution in [-0.4, -0.2) is 23.3 Å². The molecule has 0 bridgehead atoms. The Hall–Kier alpha value is -3.21. The number of hydrogen-bond acceptors (Lipinski definition) is 3. The second-order valence-electron chi connectivity index (χ2n) is 12.5. The highest BCUT2D eigenvalue weighted by atomic mass is 16.7. The Kier molecular flexibility index (Phi) is 5.67. The third kappa shape index (κ3) is 3.76. The van der Waals surface area contributed by atoms with Crippen LogP contribution in [0.3, 0.4) is 0 Å². The molecule has 7 rings (SSSR count). The zero-order chi connectivity index (χ0) is 26.8. The van der Waals surface area contributed by atoms with Crippen molar-refractivity contribution in [2.45, 2.75) is 76.4 Å². The number of hydrogen-bond donors (Lipinski definition) is 0. The molecule has 0 radical (unpaired) electrons. The molecular weight excluding hydrogens is 477 g/mol. The lowest BCUT2D eigenvalue weighted by atomic mass is 9.67. The highest BCUT2D eigenvalue weighted by Crippen LogP contribution is 2.58. The van der Waals surface area contributed by atoms with Crippen molar-refractivity contribution in [1.82, 2.24) is 4.98 Å². The summed E-state index contributed by atoms with van der Waals surface area (Å²) in [4.78, 5) is 4.40. The van der Waals surface area contributed by atoms with Crippen molar-refractivity contribution in [3.63, 3.8) is 0 Å². The van der Waals surface area contributed by atoms with Crippen LogP contribution in [0.4, 0.5) is 0 Å². The summed E-state index contributed by atoms with van der Waals surface area (Å²) in [5.74, 6) is 0. The maximum absolute atomic E-state index is 6.55. The fourth-order valence-electron chi connectivity index (χ4n) is 7.09. The zero-order valence-corrected chi connectivity index (χ0v) is 23.5. The average molecular weight is 513 g/mol. The van der Waals surface area contributed by atoms with Crippen LogP contribution in [0.25, 0.3) is 33.4 Å². The summed E-state index contributed by atoms with van der Waals surface area (Å²) in [7, 11) is -0.403. The second kappa shape index (κ2) is 8.91.